The van der Waals surface area contributed by atoms with Crippen molar-refractivity contribution in [2.24, 2.45) is 0 Å². The molecule has 2 aliphatic rings. The molecule has 7 heteroatoms. The molecule has 0 aliphatic carbocycles. The summed E-state index contributed by atoms with van der Waals surface area (Å²) in [6.45, 7) is 10.0. The minimum atomic E-state index is -0.485. The van der Waals surface area contributed by atoms with Gasteiger partial charge >= 0.3 is 6.09 Å². The van der Waals surface area contributed by atoms with E-state index in [0.29, 0.717) is 6.61 Å². The normalized spacial score (nSPS) is 21.0. The number of nitrogens with zero attached hydrogens (tertiary/aromatic N) is 3. The summed E-state index contributed by atoms with van der Waals surface area (Å²) in [4.78, 5) is 20.7. The molecular formula is C19H29N3O4. The van der Waals surface area contributed by atoms with Crippen LogP contribution in [0.15, 0.2) is 18.5 Å². The predicted octanol–water partition coefficient (Wildman–Crippen LogP) is 2.70. The Hall–Kier alpha value is -2.02. The molecular weight excluding hydrogens is 334 g/mol. The number of aromatic nitrogens is 1. The van der Waals surface area contributed by atoms with Crippen LogP contribution in [0.5, 0.6) is 5.75 Å². The molecule has 7 nitrogen and oxygen atoms in total. The quantitative estimate of drug-likeness (QED) is 0.820. The first-order valence-corrected chi connectivity index (χ1v) is 9.32. The Labute approximate surface area is 155 Å². The first kappa shape index (κ1) is 18.8. The summed E-state index contributed by atoms with van der Waals surface area (Å²) in [6.07, 6.45) is 5.20. The highest BCUT2D eigenvalue weighted by atomic mass is 16.6. The Kier molecular flexibility index (Phi) is 5.86. The summed E-state index contributed by atoms with van der Waals surface area (Å²) in [7, 11) is 0. The molecule has 26 heavy (non-hydrogen) atoms. The topological polar surface area (TPSA) is 64.1 Å². The summed E-state index contributed by atoms with van der Waals surface area (Å²) in [5.74, 6) is 0.727. The van der Waals surface area contributed by atoms with Gasteiger partial charge in [-0.3, -0.25) is 4.98 Å². The number of rotatable bonds is 4. The van der Waals surface area contributed by atoms with Gasteiger partial charge in [0, 0.05) is 25.7 Å². The molecule has 144 valence electrons. The lowest BCUT2D eigenvalue weighted by Gasteiger charge is -2.29. The van der Waals surface area contributed by atoms with E-state index in [-0.39, 0.29) is 12.1 Å². The zero-order chi connectivity index (χ0) is 18.6. The van der Waals surface area contributed by atoms with Gasteiger partial charge in [-0.2, -0.15) is 0 Å². The maximum atomic E-state index is 12.4. The molecule has 2 saturated heterocycles. The lowest BCUT2D eigenvalue weighted by atomic mass is 10.2. The summed E-state index contributed by atoms with van der Waals surface area (Å²) >= 11 is 0. The Morgan fingerprint density at radius 2 is 2.04 bits per heavy atom. The Balaban J connectivity index is 1.57. The van der Waals surface area contributed by atoms with Gasteiger partial charge in [0.25, 0.3) is 0 Å². The SMILES string of the molecule is CC(C)(C)OC(=O)N1CCC[C@H]1COc1cncc(N2CCOCC2)c1. The fraction of sp³-hybridized carbons (Fsp3) is 0.684. The average Bonchev–Trinajstić information content (AvgIpc) is 3.08. The van der Waals surface area contributed by atoms with Crippen LogP contribution < -0.4 is 9.64 Å². The summed E-state index contributed by atoms with van der Waals surface area (Å²) in [6, 6.07) is 2.04. The van der Waals surface area contributed by atoms with Gasteiger partial charge in [-0.05, 0) is 33.6 Å². The zero-order valence-corrected chi connectivity index (χ0v) is 15.9. The first-order chi connectivity index (χ1) is 12.4. The maximum absolute atomic E-state index is 12.4. The largest absolute Gasteiger partial charge is 0.490 e. The third kappa shape index (κ3) is 5.00. The Morgan fingerprint density at radius 3 is 2.77 bits per heavy atom. The number of amides is 1. The second-order valence-corrected chi connectivity index (χ2v) is 7.76. The van der Waals surface area contributed by atoms with Crippen molar-refractivity contribution in [2.45, 2.75) is 45.3 Å². The average molecular weight is 363 g/mol. The number of carbonyl (C=O) groups is 1. The molecule has 0 radical (unpaired) electrons. The molecule has 0 aromatic carbocycles. The van der Waals surface area contributed by atoms with Crippen molar-refractivity contribution < 1.29 is 19.0 Å². The molecule has 1 aromatic rings. The van der Waals surface area contributed by atoms with Crippen molar-refractivity contribution in [3.05, 3.63) is 18.5 Å². The molecule has 0 N–H and O–H groups in total. The van der Waals surface area contributed by atoms with Gasteiger partial charge in [-0.15, -0.1) is 0 Å². The number of carbonyl (C=O) groups excluding carboxylic acids is 1. The van der Waals surface area contributed by atoms with Crippen LogP contribution in [0.25, 0.3) is 0 Å². The molecule has 2 fully saturated rings. The summed E-state index contributed by atoms with van der Waals surface area (Å²) in [5, 5.41) is 0. The van der Waals surface area contributed by atoms with Crippen molar-refractivity contribution in [3.63, 3.8) is 0 Å². The van der Waals surface area contributed by atoms with Gasteiger partial charge < -0.3 is 24.0 Å². The van der Waals surface area contributed by atoms with Gasteiger partial charge in [-0.1, -0.05) is 0 Å². The lowest BCUT2D eigenvalue weighted by molar-refractivity contribution is 0.0187. The summed E-state index contributed by atoms with van der Waals surface area (Å²) in [5.41, 5.74) is 0.558. The molecule has 0 spiro atoms. The van der Waals surface area contributed by atoms with Crippen molar-refractivity contribution in [1.82, 2.24) is 9.88 Å². The molecule has 1 aromatic heterocycles. The van der Waals surface area contributed by atoms with Crippen molar-refractivity contribution in [1.29, 1.82) is 0 Å². The highest BCUT2D eigenvalue weighted by Gasteiger charge is 2.32. The van der Waals surface area contributed by atoms with Gasteiger partial charge in [0.05, 0.1) is 37.3 Å². The van der Waals surface area contributed by atoms with E-state index in [0.717, 1.165) is 57.1 Å². The van der Waals surface area contributed by atoms with Crippen LogP contribution in [0.3, 0.4) is 0 Å². The molecule has 0 unspecified atom stereocenters. The van der Waals surface area contributed by atoms with Gasteiger partial charge in [0.15, 0.2) is 0 Å². The molecule has 1 atom stereocenters. The third-order valence-electron chi connectivity index (χ3n) is 4.52. The van der Waals surface area contributed by atoms with Crippen LogP contribution >= 0.6 is 0 Å². The van der Waals surface area contributed by atoms with Crippen molar-refractivity contribution in [2.75, 3.05) is 44.4 Å². The molecule has 3 rings (SSSR count). The Morgan fingerprint density at radius 1 is 1.27 bits per heavy atom. The van der Waals surface area contributed by atoms with Gasteiger partial charge in [0.2, 0.25) is 0 Å². The number of hydrogen-bond acceptors (Lipinski definition) is 6. The van der Waals surface area contributed by atoms with E-state index in [4.69, 9.17) is 14.2 Å². The molecule has 3 heterocycles. The van der Waals surface area contributed by atoms with E-state index in [1.807, 2.05) is 33.0 Å². The van der Waals surface area contributed by atoms with Crippen LogP contribution in [0.4, 0.5) is 10.5 Å². The standard InChI is InChI=1S/C19H29N3O4/c1-19(2,3)26-18(23)22-6-4-5-15(22)14-25-17-11-16(12-20-13-17)21-7-9-24-10-8-21/h11-13,15H,4-10,14H2,1-3H3/t15-/m0/s1. The van der Waals surface area contributed by atoms with E-state index in [1.54, 1.807) is 11.1 Å². The number of ether oxygens (including phenoxy) is 3. The molecule has 1 amide bonds. The van der Waals surface area contributed by atoms with Crippen LogP contribution in [-0.2, 0) is 9.47 Å². The minimum absolute atomic E-state index is 0.0388. The molecule has 0 bridgehead atoms. The highest BCUT2D eigenvalue weighted by molar-refractivity contribution is 5.69. The second kappa shape index (κ2) is 8.12. The van der Waals surface area contributed by atoms with E-state index in [9.17, 15) is 4.79 Å². The van der Waals surface area contributed by atoms with Gasteiger partial charge in [-0.25, -0.2) is 4.79 Å². The third-order valence-corrected chi connectivity index (χ3v) is 4.52. The zero-order valence-electron chi connectivity index (χ0n) is 15.9. The first-order valence-electron chi connectivity index (χ1n) is 9.32. The number of morpholine rings is 1. The fourth-order valence-corrected chi connectivity index (χ4v) is 3.24. The van der Waals surface area contributed by atoms with Crippen molar-refractivity contribution >= 4 is 11.8 Å². The smallest absolute Gasteiger partial charge is 0.410 e. The van der Waals surface area contributed by atoms with Crippen LogP contribution in [-0.4, -0.2) is 67.1 Å². The van der Waals surface area contributed by atoms with E-state index >= 15 is 0 Å². The van der Waals surface area contributed by atoms with E-state index in [1.165, 1.54) is 0 Å². The Bertz CT molecular complexity index is 611. The number of anilines is 1. The van der Waals surface area contributed by atoms with Crippen LogP contribution in [0.1, 0.15) is 33.6 Å². The van der Waals surface area contributed by atoms with Crippen LogP contribution in [0, 0.1) is 0 Å². The van der Waals surface area contributed by atoms with Crippen molar-refractivity contribution in [3.8, 4) is 5.75 Å². The maximum Gasteiger partial charge on any atom is 0.410 e. The lowest BCUT2D eigenvalue weighted by Crippen LogP contribution is -2.42. The fourth-order valence-electron chi connectivity index (χ4n) is 3.24. The second-order valence-electron chi connectivity index (χ2n) is 7.76. The van der Waals surface area contributed by atoms with E-state index < -0.39 is 5.60 Å². The number of hydrogen-bond donors (Lipinski definition) is 0. The summed E-state index contributed by atoms with van der Waals surface area (Å²) < 4.78 is 16.9. The number of pyridine rings is 1. The van der Waals surface area contributed by atoms with Gasteiger partial charge in [0.1, 0.15) is 18.0 Å². The minimum Gasteiger partial charge on any atom is -0.490 e. The highest BCUT2D eigenvalue weighted by Crippen LogP contribution is 2.24. The monoisotopic (exact) mass is 363 g/mol. The predicted molar refractivity (Wildman–Crippen MR) is 98.7 cm³/mol. The molecule has 2 aliphatic heterocycles. The number of likely N-dealkylation sites (tertiary alicyclic amines) is 1. The van der Waals surface area contributed by atoms with Crippen LogP contribution in [0.2, 0.25) is 0 Å². The molecule has 0 saturated carbocycles. The van der Waals surface area contributed by atoms with E-state index in [2.05, 4.69) is 9.88 Å².